The maximum absolute atomic E-state index is 14.1. The fourth-order valence-electron chi connectivity index (χ4n) is 4.45. The van der Waals surface area contributed by atoms with Gasteiger partial charge < -0.3 is 19.1 Å². The molecule has 10 nitrogen and oxygen atoms in total. The Morgan fingerprint density at radius 2 is 1.95 bits per heavy atom. The molecule has 0 radical (unpaired) electrons. The minimum absolute atomic E-state index is 0.0615. The first-order chi connectivity index (χ1) is 18.8. The van der Waals surface area contributed by atoms with Crippen LogP contribution >= 0.6 is 0 Å². The molecule has 1 aliphatic rings. The topological polar surface area (TPSA) is 126 Å². The van der Waals surface area contributed by atoms with Gasteiger partial charge in [0.2, 0.25) is 5.88 Å². The van der Waals surface area contributed by atoms with Crippen molar-refractivity contribution in [2.45, 2.75) is 32.1 Å². The summed E-state index contributed by atoms with van der Waals surface area (Å²) in [6, 6.07) is 9.72. The van der Waals surface area contributed by atoms with E-state index in [2.05, 4.69) is 19.9 Å². The Labute approximate surface area is 222 Å². The molecular weight excluding hydrogens is 510 g/mol. The van der Waals surface area contributed by atoms with Gasteiger partial charge in [0.05, 0.1) is 28.7 Å². The minimum Gasteiger partial charge on any atom is -0.482 e. The van der Waals surface area contributed by atoms with Gasteiger partial charge in [-0.3, -0.25) is 4.90 Å². The molecule has 0 bridgehead atoms. The Bertz CT molecular complexity index is 1580. The molecule has 0 amide bonds. The van der Waals surface area contributed by atoms with E-state index in [4.69, 9.17) is 14.7 Å². The summed E-state index contributed by atoms with van der Waals surface area (Å²) in [5.41, 5.74) is 1.36. The van der Waals surface area contributed by atoms with Crippen LogP contribution in [0.5, 0.6) is 11.6 Å². The van der Waals surface area contributed by atoms with Crippen LogP contribution in [0.15, 0.2) is 42.6 Å². The molecule has 1 fully saturated rings. The number of carbonyl (C=O) groups is 1. The summed E-state index contributed by atoms with van der Waals surface area (Å²) >= 11 is 0. The third-order valence-electron chi connectivity index (χ3n) is 6.59. The highest BCUT2D eigenvalue weighted by atomic mass is 19.1. The molecule has 200 valence electrons. The van der Waals surface area contributed by atoms with Gasteiger partial charge in [0.15, 0.2) is 17.4 Å². The van der Waals surface area contributed by atoms with Crippen LogP contribution in [0.3, 0.4) is 0 Å². The third kappa shape index (κ3) is 5.78. The summed E-state index contributed by atoms with van der Waals surface area (Å²) in [5.74, 6) is -1.58. The Hall–Kier alpha value is -4.63. The molecule has 3 heterocycles. The number of benzene rings is 2. The van der Waals surface area contributed by atoms with Crippen LogP contribution in [-0.4, -0.2) is 54.7 Å². The van der Waals surface area contributed by atoms with Crippen molar-refractivity contribution in [3.63, 3.8) is 0 Å². The Balaban J connectivity index is 1.15. The first kappa shape index (κ1) is 26.0. The Kier molecular flexibility index (Phi) is 7.33. The first-order valence-corrected chi connectivity index (χ1v) is 12.2. The maximum Gasteiger partial charge on any atom is 0.335 e. The molecule has 1 aliphatic heterocycles. The zero-order valence-corrected chi connectivity index (χ0v) is 21.0. The van der Waals surface area contributed by atoms with E-state index in [1.54, 1.807) is 30.3 Å². The fourth-order valence-corrected chi connectivity index (χ4v) is 4.45. The van der Waals surface area contributed by atoms with Crippen LogP contribution in [-0.2, 0) is 20.2 Å². The molecule has 39 heavy (non-hydrogen) atoms. The van der Waals surface area contributed by atoms with Gasteiger partial charge in [0.1, 0.15) is 30.4 Å². The molecule has 0 aliphatic carbocycles. The smallest absolute Gasteiger partial charge is 0.335 e. The molecular formula is C27H24F2N6O4. The predicted octanol–water partition coefficient (Wildman–Crippen LogP) is 3.83. The van der Waals surface area contributed by atoms with Crippen LogP contribution in [0.25, 0.3) is 11.0 Å². The monoisotopic (exact) mass is 534 g/mol. The van der Waals surface area contributed by atoms with Crippen molar-refractivity contribution < 1.29 is 28.2 Å². The second-order valence-corrected chi connectivity index (χ2v) is 9.16. The number of rotatable bonds is 8. The van der Waals surface area contributed by atoms with Crippen molar-refractivity contribution >= 4 is 17.0 Å². The molecule has 2 aromatic heterocycles. The number of imidazole rings is 1. The largest absolute Gasteiger partial charge is 0.482 e. The number of fused-ring (bicyclic) bond motifs is 1. The summed E-state index contributed by atoms with van der Waals surface area (Å²) < 4.78 is 41.1. The van der Waals surface area contributed by atoms with Gasteiger partial charge in [0.25, 0.3) is 0 Å². The number of hydrogen-bond acceptors (Lipinski definition) is 8. The van der Waals surface area contributed by atoms with Gasteiger partial charge in [-0.1, -0.05) is 0 Å². The van der Waals surface area contributed by atoms with E-state index in [0.29, 0.717) is 12.4 Å². The second kappa shape index (κ2) is 11.0. The number of halogens is 2. The number of likely N-dealkylation sites (tertiary alicyclic amines) is 1. The molecule has 0 saturated carbocycles. The quantitative estimate of drug-likeness (QED) is 0.359. The maximum atomic E-state index is 14.1. The lowest BCUT2D eigenvalue weighted by atomic mass is 10.1. The Morgan fingerprint density at radius 3 is 2.69 bits per heavy atom. The van der Waals surface area contributed by atoms with Crippen molar-refractivity contribution in [3.8, 4) is 17.7 Å². The highest BCUT2D eigenvalue weighted by molar-refractivity contribution is 5.92. The van der Waals surface area contributed by atoms with Crippen molar-refractivity contribution in [2.24, 2.45) is 7.05 Å². The van der Waals surface area contributed by atoms with Gasteiger partial charge in [-0.15, -0.1) is 0 Å². The van der Waals surface area contributed by atoms with Crippen molar-refractivity contribution in [2.75, 3.05) is 13.1 Å². The molecule has 2 aromatic carbocycles. The van der Waals surface area contributed by atoms with Crippen LogP contribution in [0.2, 0.25) is 0 Å². The number of carboxylic acids is 1. The van der Waals surface area contributed by atoms with Gasteiger partial charge in [-0.2, -0.15) is 10.2 Å². The number of aryl methyl sites for hydroxylation is 1. The van der Waals surface area contributed by atoms with Crippen LogP contribution in [0.4, 0.5) is 8.78 Å². The zero-order chi connectivity index (χ0) is 27.5. The number of ether oxygens (including phenoxy) is 2. The molecule has 1 N–H and O–H groups in total. The summed E-state index contributed by atoms with van der Waals surface area (Å²) in [5, 5.41) is 18.1. The van der Waals surface area contributed by atoms with Crippen LogP contribution in [0.1, 0.15) is 40.4 Å². The number of hydrogen-bond donors (Lipinski definition) is 1. The van der Waals surface area contributed by atoms with E-state index in [1.165, 1.54) is 6.20 Å². The lowest BCUT2D eigenvalue weighted by Crippen LogP contribution is -2.38. The number of aromatic carboxylic acids is 1. The first-order valence-electron chi connectivity index (χ1n) is 12.2. The van der Waals surface area contributed by atoms with Crippen LogP contribution < -0.4 is 9.47 Å². The van der Waals surface area contributed by atoms with E-state index in [1.807, 2.05) is 11.6 Å². The van der Waals surface area contributed by atoms with E-state index in [0.717, 1.165) is 54.9 Å². The van der Waals surface area contributed by atoms with Crippen molar-refractivity contribution in [1.82, 2.24) is 24.4 Å². The molecule has 5 rings (SSSR count). The van der Waals surface area contributed by atoms with Crippen LogP contribution in [0, 0.1) is 23.0 Å². The molecule has 1 saturated heterocycles. The SMILES string of the molecule is Cn1c(CN2CCC(Oc3ccnc(COc4cc(F)c(C#N)cc4F)n3)CC2)nc2ccc(C(=O)O)cc21. The normalized spacial score (nSPS) is 14.3. The van der Waals surface area contributed by atoms with Gasteiger partial charge in [-0.25, -0.2) is 23.5 Å². The number of nitriles is 1. The van der Waals surface area contributed by atoms with Gasteiger partial charge in [-0.05, 0) is 37.1 Å². The Morgan fingerprint density at radius 1 is 1.15 bits per heavy atom. The number of carboxylic acid groups (broad SMARTS) is 1. The predicted molar refractivity (Wildman–Crippen MR) is 134 cm³/mol. The van der Waals surface area contributed by atoms with E-state index in [-0.39, 0.29) is 29.8 Å². The lowest BCUT2D eigenvalue weighted by molar-refractivity contribution is 0.0697. The van der Waals surface area contributed by atoms with Crippen molar-refractivity contribution in [3.05, 3.63) is 77.0 Å². The van der Waals surface area contributed by atoms with E-state index < -0.39 is 23.2 Å². The summed E-state index contributed by atoms with van der Waals surface area (Å²) in [7, 11) is 1.88. The summed E-state index contributed by atoms with van der Waals surface area (Å²) in [6.45, 7) is 1.98. The molecule has 0 spiro atoms. The number of nitrogens with zero attached hydrogens (tertiary/aromatic N) is 6. The average Bonchev–Trinajstić information content (AvgIpc) is 3.24. The highest BCUT2D eigenvalue weighted by Gasteiger charge is 2.23. The van der Waals surface area contributed by atoms with Crippen molar-refractivity contribution in [1.29, 1.82) is 5.26 Å². The molecule has 4 aromatic rings. The average molecular weight is 535 g/mol. The third-order valence-corrected chi connectivity index (χ3v) is 6.59. The lowest BCUT2D eigenvalue weighted by Gasteiger charge is -2.31. The highest BCUT2D eigenvalue weighted by Crippen LogP contribution is 2.24. The van der Waals surface area contributed by atoms with E-state index >= 15 is 0 Å². The second-order valence-electron chi connectivity index (χ2n) is 9.16. The van der Waals surface area contributed by atoms with E-state index in [9.17, 15) is 18.7 Å². The van der Waals surface area contributed by atoms with Gasteiger partial charge in [0, 0.05) is 38.5 Å². The minimum atomic E-state index is -0.972. The summed E-state index contributed by atoms with van der Waals surface area (Å²) in [4.78, 5) is 26.6. The number of aromatic nitrogens is 4. The van der Waals surface area contributed by atoms with Gasteiger partial charge >= 0.3 is 5.97 Å². The zero-order valence-electron chi connectivity index (χ0n) is 21.0. The number of piperidine rings is 1. The standard InChI is InChI=1S/C27H24F2N6O4/c1-34-22-11-16(27(36)37)2-3-21(22)32-25(34)14-35-8-5-18(6-9-35)39-26-4-7-31-24(33-26)15-38-23-12-19(28)17(13-30)10-20(23)29/h2-4,7,10-12,18H,5-6,8-9,14-15H2,1H3,(H,36,37). The molecule has 12 heteroatoms. The molecule has 0 atom stereocenters. The molecule has 0 unspecified atom stereocenters. The fraction of sp³-hybridized carbons (Fsp3) is 0.296. The summed E-state index contributed by atoms with van der Waals surface area (Å²) in [6.07, 6.45) is 2.97.